The fraction of sp³-hybridized carbons (Fsp3) is 0.316. The molecule has 0 saturated carbocycles. The molecule has 1 aromatic heterocycles. The summed E-state index contributed by atoms with van der Waals surface area (Å²) >= 11 is 0. The first kappa shape index (κ1) is 18.4. The van der Waals surface area contributed by atoms with Crippen molar-refractivity contribution in [3.63, 3.8) is 0 Å². The normalized spacial score (nSPS) is 11.8. The molecule has 1 heterocycles. The number of ether oxygens (including phenoxy) is 1. The summed E-state index contributed by atoms with van der Waals surface area (Å²) in [6.07, 6.45) is 1.62. The number of carbonyl (C=O) groups is 3. The number of aryl methyl sites for hydroxylation is 1. The van der Waals surface area contributed by atoms with Crippen LogP contribution in [0.4, 0.5) is 0 Å². The molecule has 2 rings (SSSR count). The topological polar surface area (TPSA) is 88.3 Å². The van der Waals surface area contributed by atoms with E-state index in [9.17, 15) is 14.4 Å². The average Bonchev–Trinajstić information content (AvgIpc) is 3.11. The molecule has 1 aromatic carbocycles. The number of ketones is 1. The molecule has 2 N–H and O–H groups in total. The Morgan fingerprint density at radius 3 is 2.44 bits per heavy atom. The third-order valence-electron chi connectivity index (χ3n) is 3.84. The van der Waals surface area contributed by atoms with Gasteiger partial charge >= 0.3 is 5.97 Å². The largest absolute Gasteiger partial charge is 0.456 e. The Hall–Kier alpha value is -2.89. The second-order valence-electron chi connectivity index (χ2n) is 6.12. The Bertz CT molecular complexity index is 751. The van der Waals surface area contributed by atoms with E-state index in [1.165, 1.54) is 0 Å². The molecule has 0 saturated heterocycles. The van der Waals surface area contributed by atoms with Crippen LogP contribution in [0.1, 0.15) is 40.3 Å². The van der Waals surface area contributed by atoms with Gasteiger partial charge in [0.25, 0.3) is 5.91 Å². The zero-order valence-corrected chi connectivity index (χ0v) is 14.5. The van der Waals surface area contributed by atoms with Gasteiger partial charge in [-0.1, -0.05) is 32.0 Å². The number of hydrogen-bond donors (Lipinski definition) is 2. The Kier molecular flexibility index (Phi) is 6.11. The van der Waals surface area contributed by atoms with Crippen molar-refractivity contribution in [3.05, 3.63) is 59.4 Å². The number of aromatic nitrogens is 1. The maximum absolute atomic E-state index is 12.4. The van der Waals surface area contributed by atoms with Crippen LogP contribution >= 0.6 is 0 Å². The van der Waals surface area contributed by atoms with Crippen molar-refractivity contribution in [2.24, 2.45) is 5.92 Å². The fourth-order valence-corrected chi connectivity index (χ4v) is 2.35. The van der Waals surface area contributed by atoms with Gasteiger partial charge in [-0.25, -0.2) is 4.79 Å². The zero-order chi connectivity index (χ0) is 18.4. The zero-order valence-electron chi connectivity index (χ0n) is 14.5. The van der Waals surface area contributed by atoms with E-state index in [0.717, 1.165) is 5.56 Å². The van der Waals surface area contributed by atoms with Crippen LogP contribution in [0.3, 0.4) is 0 Å². The van der Waals surface area contributed by atoms with E-state index in [0.29, 0.717) is 11.3 Å². The number of amides is 1. The Labute approximate surface area is 146 Å². The van der Waals surface area contributed by atoms with Crippen molar-refractivity contribution in [3.8, 4) is 0 Å². The summed E-state index contributed by atoms with van der Waals surface area (Å²) in [5.41, 5.74) is 1.69. The molecule has 2 aromatic rings. The van der Waals surface area contributed by atoms with Crippen LogP contribution < -0.4 is 5.32 Å². The van der Waals surface area contributed by atoms with E-state index in [2.05, 4.69) is 10.3 Å². The molecule has 6 heteroatoms. The predicted molar refractivity (Wildman–Crippen MR) is 93.4 cm³/mol. The minimum Gasteiger partial charge on any atom is -0.456 e. The van der Waals surface area contributed by atoms with Gasteiger partial charge in [0.1, 0.15) is 6.04 Å². The van der Waals surface area contributed by atoms with Crippen molar-refractivity contribution >= 4 is 17.7 Å². The predicted octanol–water partition coefficient (Wildman–Crippen LogP) is 2.50. The van der Waals surface area contributed by atoms with Gasteiger partial charge in [0, 0.05) is 11.8 Å². The number of Topliss-reactive ketones (excluding diaryl/α,β-unsaturated/α-hetero) is 1. The van der Waals surface area contributed by atoms with Crippen LogP contribution in [-0.2, 0) is 9.53 Å². The van der Waals surface area contributed by atoms with Crippen LogP contribution in [0.5, 0.6) is 0 Å². The monoisotopic (exact) mass is 342 g/mol. The van der Waals surface area contributed by atoms with Crippen LogP contribution in [0.2, 0.25) is 0 Å². The number of benzene rings is 1. The first-order valence-corrected chi connectivity index (χ1v) is 8.10. The lowest BCUT2D eigenvalue weighted by molar-refractivity contribution is -0.145. The van der Waals surface area contributed by atoms with Gasteiger partial charge < -0.3 is 15.0 Å². The van der Waals surface area contributed by atoms with Crippen molar-refractivity contribution in [1.82, 2.24) is 10.3 Å². The molecular formula is C19H22N2O4. The summed E-state index contributed by atoms with van der Waals surface area (Å²) in [7, 11) is 0. The van der Waals surface area contributed by atoms with E-state index >= 15 is 0 Å². The van der Waals surface area contributed by atoms with Gasteiger partial charge in [0.05, 0.1) is 5.69 Å². The van der Waals surface area contributed by atoms with Crippen LogP contribution in [-0.4, -0.2) is 35.3 Å². The number of nitrogens with one attached hydrogen (secondary N) is 2. The van der Waals surface area contributed by atoms with E-state index in [4.69, 9.17) is 4.74 Å². The lowest BCUT2D eigenvalue weighted by Crippen LogP contribution is -2.45. The molecule has 1 atom stereocenters. The van der Waals surface area contributed by atoms with E-state index in [1.807, 2.05) is 19.1 Å². The maximum atomic E-state index is 12.4. The minimum atomic E-state index is -0.830. The van der Waals surface area contributed by atoms with Gasteiger partial charge in [0.15, 0.2) is 6.61 Å². The van der Waals surface area contributed by atoms with Gasteiger partial charge in [-0.3, -0.25) is 9.59 Å². The van der Waals surface area contributed by atoms with Gasteiger partial charge in [-0.05, 0) is 36.6 Å². The second-order valence-corrected chi connectivity index (χ2v) is 6.12. The molecule has 0 unspecified atom stereocenters. The van der Waals surface area contributed by atoms with E-state index in [-0.39, 0.29) is 24.2 Å². The highest BCUT2D eigenvalue weighted by atomic mass is 16.5. The maximum Gasteiger partial charge on any atom is 0.329 e. The molecule has 0 aliphatic rings. The highest BCUT2D eigenvalue weighted by Gasteiger charge is 2.27. The molecule has 0 fully saturated rings. The van der Waals surface area contributed by atoms with Gasteiger partial charge in [-0.2, -0.15) is 0 Å². The first-order chi connectivity index (χ1) is 11.9. The summed E-state index contributed by atoms with van der Waals surface area (Å²) in [6.45, 7) is 5.06. The summed E-state index contributed by atoms with van der Waals surface area (Å²) < 4.78 is 5.09. The highest BCUT2D eigenvalue weighted by Crippen LogP contribution is 2.10. The van der Waals surface area contributed by atoms with Gasteiger partial charge in [0.2, 0.25) is 5.78 Å². The van der Waals surface area contributed by atoms with Crippen LogP contribution in [0, 0.1) is 12.8 Å². The number of rotatable bonds is 7. The third-order valence-corrected chi connectivity index (χ3v) is 3.84. The second kappa shape index (κ2) is 8.28. The van der Waals surface area contributed by atoms with E-state index < -0.39 is 12.0 Å². The number of esters is 1. The number of H-pyrrole nitrogens is 1. The molecule has 132 valence electrons. The molecule has 1 amide bonds. The fourth-order valence-electron chi connectivity index (χ4n) is 2.35. The Balaban J connectivity index is 2.00. The molecular weight excluding hydrogens is 320 g/mol. The molecule has 0 spiro atoms. The van der Waals surface area contributed by atoms with Crippen LogP contribution in [0.25, 0.3) is 0 Å². The van der Waals surface area contributed by atoms with Crippen LogP contribution in [0.15, 0.2) is 42.6 Å². The molecule has 25 heavy (non-hydrogen) atoms. The summed E-state index contributed by atoms with van der Waals surface area (Å²) in [6, 6.07) is 9.59. The van der Waals surface area contributed by atoms with Crippen molar-refractivity contribution in [1.29, 1.82) is 0 Å². The SMILES string of the molecule is Cc1ccccc1C(=O)N[C@H](C(=O)OCC(=O)c1ccc[nH]1)C(C)C. The quantitative estimate of drug-likeness (QED) is 0.598. The highest BCUT2D eigenvalue weighted by molar-refractivity contribution is 5.99. The van der Waals surface area contributed by atoms with Crippen molar-refractivity contribution in [2.45, 2.75) is 26.8 Å². The smallest absolute Gasteiger partial charge is 0.329 e. The molecule has 0 radical (unpaired) electrons. The molecule has 0 bridgehead atoms. The van der Waals surface area contributed by atoms with Crippen molar-refractivity contribution in [2.75, 3.05) is 6.61 Å². The van der Waals surface area contributed by atoms with E-state index in [1.54, 1.807) is 44.3 Å². The first-order valence-electron chi connectivity index (χ1n) is 8.10. The lowest BCUT2D eigenvalue weighted by Gasteiger charge is -2.21. The molecule has 0 aliphatic heterocycles. The third kappa shape index (κ3) is 4.79. The summed E-state index contributed by atoms with van der Waals surface area (Å²) in [5, 5.41) is 2.70. The Morgan fingerprint density at radius 2 is 1.84 bits per heavy atom. The average molecular weight is 342 g/mol. The number of hydrogen-bond acceptors (Lipinski definition) is 4. The van der Waals surface area contributed by atoms with Gasteiger partial charge in [-0.15, -0.1) is 0 Å². The number of aromatic amines is 1. The Morgan fingerprint density at radius 1 is 1.12 bits per heavy atom. The summed E-state index contributed by atoms with van der Waals surface area (Å²) in [4.78, 5) is 39.4. The molecule has 6 nitrogen and oxygen atoms in total. The van der Waals surface area contributed by atoms with Crippen molar-refractivity contribution < 1.29 is 19.1 Å². The molecule has 0 aliphatic carbocycles. The number of carbonyl (C=O) groups excluding carboxylic acids is 3. The standard InChI is InChI=1S/C19H22N2O4/c1-12(2)17(21-18(23)14-8-5-4-7-13(14)3)19(24)25-11-16(22)15-9-6-10-20-15/h4-10,12,17,20H,11H2,1-3H3,(H,21,23)/t17-/m0/s1. The minimum absolute atomic E-state index is 0.180. The lowest BCUT2D eigenvalue weighted by atomic mass is 10.0. The summed E-state index contributed by atoms with van der Waals surface area (Å²) in [5.74, 6) is -1.48.